The van der Waals surface area contributed by atoms with Crippen LogP contribution in [0.5, 0.6) is 5.75 Å². The van der Waals surface area contributed by atoms with Crippen molar-refractivity contribution in [1.82, 2.24) is 10.2 Å². The van der Waals surface area contributed by atoms with E-state index in [4.69, 9.17) is 4.74 Å². The van der Waals surface area contributed by atoms with Gasteiger partial charge in [0.15, 0.2) is 6.61 Å². The van der Waals surface area contributed by atoms with Crippen molar-refractivity contribution < 1.29 is 23.1 Å². The molecule has 3 rings (SSSR count). The predicted molar refractivity (Wildman–Crippen MR) is 104 cm³/mol. The molecule has 1 aliphatic heterocycles. The van der Waals surface area contributed by atoms with E-state index in [0.717, 1.165) is 5.56 Å². The minimum Gasteiger partial charge on any atom is -0.484 e. The quantitative estimate of drug-likeness (QED) is 0.807. The van der Waals surface area contributed by atoms with Crippen LogP contribution in [0.3, 0.4) is 0 Å². The zero-order valence-electron chi connectivity index (χ0n) is 16.3. The zero-order chi connectivity index (χ0) is 20.9. The van der Waals surface area contributed by atoms with Gasteiger partial charge in [0, 0.05) is 19.6 Å². The Morgan fingerprint density at radius 2 is 1.69 bits per heavy atom. The van der Waals surface area contributed by atoms with E-state index < -0.39 is 5.41 Å². The Morgan fingerprint density at radius 1 is 1.07 bits per heavy atom. The van der Waals surface area contributed by atoms with Gasteiger partial charge in [-0.05, 0) is 61.7 Å². The van der Waals surface area contributed by atoms with Crippen LogP contribution in [0.1, 0.15) is 25.3 Å². The summed E-state index contributed by atoms with van der Waals surface area (Å²) in [5.41, 5.74) is 0.101. The van der Waals surface area contributed by atoms with Gasteiger partial charge in [0.2, 0.25) is 5.91 Å². The van der Waals surface area contributed by atoms with E-state index in [2.05, 4.69) is 5.32 Å². The molecule has 0 spiro atoms. The van der Waals surface area contributed by atoms with E-state index in [0.29, 0.717) is 38.2 Å². The van der Waals surface area contributed by atoms with E-state index in [1.807, 2.05) is 6.92 Å². The van der Waals surface area contributed by atoms with E-state index in [1.54, 1.807) is 17.0 Å². The van der Waals surface area contributed by atoms with Gasteiger partial charge in [0.25, 0.3) is 5.91 Å². The zero-order valence-corrected chi connectivity index (χ0v) is 16.3. The number of halogens is 2. The Balaban J connectivity index is 1.53. The van der Waals surface area contributed by atoms with Crippen LogP contribution in [0.2, 0.25) is 0 Å². The van der Waals surface area contributed by atoms with Crippen molar-refractivity contribution >= 4 is 11.8 Å². The second kappa shape index (κ2) is 9.03. The smallest absolute Gasteiger partial charge is 0.260 e. The third-order valence-electron chi connectivity index (χ3n) is 5.14. The Kier molecular flexibility index (Phi) is 6.46. The average Bonchev–Trinajstić information content (AvgIpc) is 2.72. The second-order valence-corrected chi connectivity index (χ2v) is 7.53. The van der Waals surface area contributed by atoms with Crippen LogP contribution >= 0.6 is 0 Å². The molecule has 5 nitrogen and oxygen atoms in total. The van der Waals surface area contributed by atoms with Crippen molar-refractivity contribution in [3.8, 4) is 5.75 Å². The lowest BCUT2D eigenvalue weighted by atomic mass is 9.81. The van der Waals surface area contributed by atoms with E-state index in [-0.39, 0.29) is 30.1 Å². The molecule has 0 aliphatic carbocycles. The summed E-state index contributed by atoms with van der Waals surface area (Å²) in [6.07, 6.45) is 1.38. The highest BCUT2D eigenvalue weighted by Gasteiger charge is 2.39. The first-order chi connectivity index (χ1) is 13.9. The molecule has 1 fully saturated rings. The van der Waals surface area contributed by atoms with Gasteiger partial charge in [-0.25, -0.2) is 8.78 Å². The summed E-state index contributed by atoms with van der Waals surface area (Å²) in [5, 5.41) is 2.89. The summed E-state index contributed by atoms with van der Waals surface area (Å²) >= 11 is 0. The van der Waals surface area contributed by atoms with E-state index in [1.165, 1.54) is 36.4 Å². The van der Waals surface area contributed by atoms with Gasteiger partial charge in [-0.2, -0.15) is 0 Å². The first-order valence-corrected chi connectivity index (χ1v) is 9.55. The molecule has 1 atom stereocenters. The summed E-state index contributed by atoms with van der Waals surface area (Å²) in [7, 11) is 0. The highest BCUT2D eigenvalue weighted by Crippen LogP contribution is 2.30. The largest absolute Gasteiger partial charge is 0.484 e. The van der Waals surface area contributed by atoms with E-state index >= 15 is 0 Å². The molecule has 0 unspecified atom stereocenters. The molecule has 2 amide bonds. The minimum atomic E-state index is -0.705. The van der Waals surface area contributed by atoms with Gasteiger partial charge >= 0.3 is 0 Å². The van der Waals surface area contributed by atoms with Crippen molar-refractivity contribution in [3.05, 3.63) is 65.7 Å². The molecule has 7 heteroatoms. The third kappa shape index (κ3) is 5.53. The number of carbonyl (C=O) groups is 2. The van der Waals surface area contributed by atoms with Crippen LogP contribution < -0.4 is 10.1 Å². The SMILES string of the molecule is C[C@@]1(C(=O)NCc2ccc(F)cc2)CCCN(C(=O)COc2ccc(F)cc2)C1. The molecular formula is C22H24F2N2O3. The Hall–Kier alpha value is -2.96. The molecule has 0 aromatic heterocycles. The average molecular weight is 402 g/mol. The summed E-state index contributed by atoms with van der Waals surface area (Å²) in [6.45, 7) is 2.84. The van der Waals surface area contributed by atoms with Gasteiger partial charge in [0.1, 0.15) is 17.4 Å². The van der Waals surface area contributed by atoms with Crippen molar-refractivity contribution in [2.24, 2.45) is 5.41 Å². The molecule has 1 saturated heterocycles. The lowest BCUT2D eigenvalue weighted by Gasteiger charge is -2.39. The fraction of sp³-hybridized carbons (Fsp3) is 0.364. The van der Waals surface area contributed by atoms with Crippen LogP contribution in [-0.2, 0) is 16.1 Å². The molecule has 0 saturated carbocycles. The van der Waals surface area contributed by atoms with Crippen molar-refractivity contribution in [3.63, 3.8) is 0 Å². The van der Waals surface area contributed by atoms with Crippen LogP contribution in [0.15, 0.2) is 48.5 Å². The number of hydrogen-bond donors (Lipinski definition) is 1. The van der Waals surface area contributed by atoms with Crippen LogP contribution in [-0.4, -0.2) is 36.4 Å². The van der Waals surface area contributed by atoms with Gasteiger partial charge < -0.3 is 15.0 Å². The molecule has 29 heavy (non-hydrogen) atoms. The number of nitrogens with zero attached hydrogens (tertiary/aromatic N) is 1. The highest BCUT2D eigenvalue weighted by molar-refractivity contribution is 5.84. The Labute approximate surface area is 168 Å². The predicted octanol–water partition coefficient (Wildman–Crippen LogP) is 3.29. The second-order valence-electron chi connectivity index (χ2n) is 7.53. The summed E-state index contributed by atoms with van der Waals surface area (Å²) in [5.74, 6) is -0.639. The number of ether oxygens (including phenoxy) is 1. The molecule has 0 radical (unpaired) electrons. The normalized spacial score (nSPS) is 18.9. The Bertz CT molecular complexity index is 855. The fourth-order valence-corrected chi connectivity index (χ4v) is 3.40. The number of rotatable bonds is 6. The van der Waals surface area contributed by atoms with Gasteiger partial charge in [-0.3, -0.25) is 9.59 Å². The summed E-state index contributed by atoms with van der Waals surface area (Å²) in [6, 6.07) is 11.4. The number of hydrogen-bond acceptors (Lipinski definition) is 3. The summed E-state index contributed by atoms with van der Waals surface area (Å²) < 4.78 is 31.4. The number of nitrogens with one attached hydrogen (secondary N) is 1. The maximum atomic E-state index is 13.0. The van der Waals surface area contributed by atoms with Crippen molar-refractivity contribution in [1.29, 1.82) is 0 Å². The molecule has 0 bridgehead atoms. The van der Waals surface area contributed by atoms with Crippen LogP contribution in [0.25, 0.3) is 0 Å². The molecule has 2 aromatic rings. The van der Waals surface area contributed by atoms with E-state index in [9.17, 15) is 18.4 Å². The highest BCUT2D eigenvalue weighted by atomic mass is 19.1. The first-order valence-electron chi connectivity index (χ1n) is 9.55. The molecular weight excluding hydrogens is 378 g/mol. The molecule has 154 valence electrons. The number of amides is 2. The van der Waals surface area contributed by atoms with Gasteiger partial charge in [-0.15, -0.1) is 0 Å². The standard InChI is InChI=1S/C22H24F2N2O3/c1-22(21(28)25-13-16-3-5-17(23)6-4-16)11-2-12-26(15-22)20(27)14-29-19-9-7-18(24)8-10-19/h3-10H,2,11-15H2,1H3,(H,25,28)/t22-/m1/s1. The van der Waals surface area contributed by atoms with Crippen molar-refractivity contribution in [2.75, 3.05) is 19.7 Å². The maximum Gasteiger partial charge on any atom is 0.260 e. The number of likely N-dealkylation sites (tertiary alicyclic amines) is 1. The van der Waals surface area contributed by atoms with Crippen LogP contribution in [0.4, 0.5) is 8.78 Å². The number of benzene rings is 2. The number of carbonyl (C=O) groups excluding carboxylic acids is 2. The molecule has 1 heterocycles. The number of piperidine rings is 1. The monoisotopic (exact) mass is 402 g/mol. The minimum absolute atomic E-state index is 0.140. The fourth-order valence-electron chi connectivity index (χ4n) is 3.40. The Morgan fingerprint density at radius 3 is 2.34 bits per heavy atom. The molecule has 1 aliphatic rings. The lowest BCUT2D eigenvalue weighted by molar-refractivity contribution is -0.142. The van der Waals surface area contributed by atoms with Crippen LogP contribution in [0, 0.1) is 17.0 Å². The third-order valence-corrected chi connectivity index (χ3v) is 5.14. The van der Waals surface area contributed by atoms with Crippen molar-refractivity contribution in [2.45, 2.75) is 26.3 Å². The maximum absolute atomic E-state index is 13.0. The van der Waals surface area contributed by atoms with Gasteiger partial charge in [0.05, 0.1) is 5.41 Å². The van der Waals surface area contributed by atoms with Gasteiger partial charge in [-0.1, -0.05) is 12.1 Å². The first kappa shape index (κ1) is 20.8. The summed E-state index contributed by atoms with van der Waals surface area (Å²) in [4.78, 5) is 26.9. The molecule has 2 aromatic carbocycles. The topological polar surface area (TPSA) is 58.6 Å². The lowest BCUT2D eigenvalue weighted by Crippen LogP contribution is -2.52. The molecule has 1 N–H and O–H groups in total.